The van der Waals surface area contributed by atoms with Crippen LogP contribution in [0.4, 0.5) is 0 Å². The zero-order chi connectivity index (χ0) is 24.3. The van der Waals surface area contributed by atoms with E-state index in [2.05, 4.69) is 24.0 Å². The highest BCUT2D eigenvalue weighted by molar-refractivity contribution is 5.65. The molecule has 0 aliphatic heterocycles. The van der Waals surface area contributed by atoms with Crippen molar-refractivity contribution in [1.29, 1.82) is 0 Å². The number of aliphatic hydroxyl groups excluding tert-OH is 1. The molecule has 0 bridgehead atoms. The summed E-state index contributed by atoms with van der Waals surface area (Å²) in [5.41, 5.74) is 2.87. The number of aryl methyl sites for hydroxylation is 1. The van der Waals surface area contributed by atoms with Crippen LogP contribution in [0.1, 0.15) is 31.7 Å². The Bertz CT molecular complexity index is 989. The lowest BCUT2D eigenvalue weighted by Crippen LogP contribution is -2.34. The lowest BCUT2D eigenvalue weighted by Gasteiger charge is -2.25. The van der Waals surface area contributed by atoms with Crippen LogP contribution in [0.3, 0.4) is 0 Å². The fourth-order valence-electron chi connectivity index (χ4n) is 3.91. The van der Waals surface area contributed by atoms with Gasteiger partial charge in [-0.2, -0.15) is 5.10 Å². The van der Waals surface area contributed by atoms with Gasteiger partial charge in [0.25, 0.3) is 0 Å². The van der Waals surface area contributed by atoms with Crippen LogP contribution in [0.5, 0.6) is 17.4 Å². The monoisotopic (exact) mass is 467 g/mol. The minimum absolute atomic E-state index is 0.389. The van der Waals surface area contributed by atoms with E-state index < -0.39 is 0 Å². The SMILES string of the molecule is CCCCC(O)CN(CCOC)Cc1c(-c2ccccc2)nn(C)c1Oc1ccc(OC)cc1. The molecule has 3 rings (SSSR count). The molecule has 1 aromatic heterocycles. The first kappa shape index (κ1) is 25.7. The average Bonchev–Trinajstić information content (AvgIpc) is 3.16. The Morgan fingerprint density at radius 3 is 2.38 bits per heavy atom. The number of rotatable bonds is 14. The second-order valence-corrected chi connectivity index (χ2v) is 8.42. The molecule has 1 N–H and O–H groups in total. The van der Waals surface area contributed by atoms with E-state index in [0.29, 0.717) is 37.9 Å². The summed E-state index contributed by atoms with van der Waals surface area (Å²) in [4.78, 5) is 2.22. The molecule has 0 aliphatic carbocycles. The maximum absolute atomic E-state index is 10.6. The van der Waals surface area contributed by atoms with Crippen molar-refractivity contribution in [3.63, 3.8) is 0 Å². The van der Waals surface area contributed by atoms with Crippen molar-refractivity contribution in [2.24, 2.45) is 7.05 Å². The molecule has 0 saturated carbocycles. The molecule has 0 amide bonds. The van der Waals surface area contributed by atoms with Gasteiger partial charge in [0.05, 0.1) is 25.4 Å². The zero-order valence-electron chi connectivity index (χ0n) is 20.7. The summed E-state index contributed by atoms with van der Waals surface area (Å²) in [5.74, 6) is 2.15. The van der Waals surface area contributed by atoms with Gasteiger partial charge in [0.2, 0.25) is 5.88 Å². The van der Waals surface area contributed by atoms with Gasteiger partial charge in [-0.15, -0.1) is 0 Å². The van der Waals surface area contributed by atoms with Crippen molar-refractivity contribution in [3.8, 4) is 28.6 Å². The molecule has 7 nitrogen and oxygen atoms in total. The van der Waals surface area contributed by atoms with Crippen molar-refractivity contribution in [2.45, 2.75) is 38.8 Å². The Kier molecular flexibility index (Phi) is 9.94. The molecule has 1 atom stereocenters. The van der Waals surface area contributed by atoms with Crippen molar-refractivity contribution in [2.75, 3.05) is 33.9 Å². The molecule has 0 aliphatic rings. The number of benzene rings is 2. The third-order valence-electron chi connectivity index (χ3n) is 5.76. The molecule has 1 unspecified atom stereocenters. The van der Waals surface area contributed by atoms with E-state index in [1.54, 1.807) is 18.9 Å². The fraction of sp³-hybridized carbons (Fsp3) is 0.444. The highest BCUT2D eigenvalue weighted by Crippen LogP contribution is 2.34. The first-order valence-electron chi connectivity index (χ1n) is 11.9. The topological polar surface area (TPSA) is 69.0 Å². The van der Waals surface area contributed by atoms with Crippen LogP contribution >= 0.6 is 0 Å². The van der Waals surface area contributed by atoms with Crippen molar-refractivity contribution >= 4 is 0 Å². The van der Waals surface area contributed by atoms with E-state index in [4.69, 9.17) is 19.3 Å². The molecule has 0 fully saturated rings. The van der Waals surface area contributed by atoms with Crippen LogP contribution in [-0.2, 0) is 18.3 Å². The third-order valence-corrected chi connectivity index (χ3v) is 5.76. The first-order chi connectivity index (χ1) is 16.5. The summed E-state index contributed by atoms with van der Waals surface area (Å²) in [6.45, 7) is 4.56. The Hall–Kier alpha value is -2.87. The number of aromatic nitrogens is 2. The molecule has 1 heterocycles. The van der Waals surface area contributed by atoms with Gasteiger partial charge in [-0.25, -0.2) is 4.68 Å². The second-order valence-electron chi connectivity index (χ2n) is 8.42. The Balaban J connectivity index is 1.94. The van der Waals surface area contributed by atoms with Crippen LogP contribution in [0, 0.1) is 0 Å². The van der Waals surface area contributed by atoms with Crippen LogP contribution in [0.2, 0.25) is 0 Å². The minimum Gasteiger partial charge on any atom is -0.497 e. The minimum atomic E-state index is -0.389. The van der Waals surface area contributed by atoms with Crippen molar-refractivity contribution in [3.05, 3.63) is 60.2 Å². The molecule has 3 aromatic rings. The van der Waals surface area contributed by atoms with Gasteiger partial charge in [0.1, 0.15) is 17.2 Å². The number of aliphatic hydroxyl groups is 1. The fourth-order valence-corrected chi connectivity index (χ4v) is 3.91. The van der Waals surface area contributed by atoms with E-state index in [9.17, 15) is 5.11 Å². The van der Waals surface area contributed by atoms with E-state index in [1.165, 1.54) is 0 Å². The number of hydrogen-bond donors (Lipinski definition) is 1. The summed E-state index contributed by atoms with van der Waals surface area (Å²) in [7, 11) is 5.23. The van der Waals surface area contributed by atoms with Gasteiger partial charge in [0, 0.05) is 39.4 Å². The van der Waals surface area contributed by atoms with Crippen LogP contribution < -0.4 is 9.47 Å². The van der Waals surface area contributed by atoms with Gasteiger partial charge in [-0.1, -0.05) is 50.1 Å². The summed E-state index contributed by atoms with van der Waals surface area (Å²) < 4.78 is 18.7. The number of ether oxygens (including phenoxy) is 3. The summed E-state index contributed by atoms with van der Waals surface area (Å²) >= 11 is 0. The average molecular weight is 468 g/mol. The van der Waals surface area contributed by atoms with E-state index in [-0.39, 0.29) is 6.10 Å². The molecule has 184 valence electrons. The number of methoxy groups -OCH3 is 2. The summed E-state index contributed by atoms with van der Waals surface area (Å²) in [6, 6.07) is 17.6. The summed E-state index contributed by atoms with van der Waals surface area (Å²) in [6.07, 6.45) is 2.47. The van der Waals surface area contributed by atoms with Gasteiger partial charge in [-0.05, 0) is 30.7 Å². The smallest absolute Gasteiger partial charge is 0.222 e. The molecular weight excluding hydrogens is 430 g/mol. The quantitative estimate of drug-likeness (QED) is 0.364. The van der Waals surface area contributed by atoms with Crippen molar-refractivity contribution in [1.82, 2.24) is 14.7 Å². The number of hydrogen-bond acceptors (Lipinski definition) is 6. The van der Waals surface area contributed by atoms with Gasteiger partial charge in [-0.3, -0.25) is 4.90 Å². The lowest BCUT2D eigenvalue weighted by molar-refractivity contribution is 0.0788. The van der Waals surface area contributed by atoms with Gasteiger partial charge < -0.3 is 19.3 Å². The summed E-state index contributed by atoms with van der Waals surface area (Å²) in [5, 5.41) is 15.4. The molecule has 2 aromatic carbocycles. The standard InChI is InChI=1S/C27H37N3O4/c1-5-6-12-22(31)19-30(17-18-32-3)20-25-26(21-10-8-7-9-11-21)28-29(2)27(25)34-24-15-13-23(33-4)14-16-24/h7-11,13-16,22,31H,5-6,12,17-20H2,1-4H3. The number of unbranched alkanes of at least 4 members (excludes halogenated alkanes) is 1. The molecule has 34 heavy (non-hydrogen) atoms. The zero-order valence-corrected chi connectivity index (χ0v) is 20.7. The molecule has 0 radical (unpaired) electrons. The van der Waals surface area contributed by atoms with Gasteiger partial charge >= 0.3 is 0 Å². The van der Waals surface area contributed by atoms with E-state index in [0.717, 1.165) is 41.8 Å². The predicted octanol–water partition coefficient (Wildman–Crippen LogP) is 4.89. The highest BCUT2D eigenvalue weighted by atomic mass is 16.5. The largest absolute Gasteiger partial charge is 0.497 e. The normalized spacial score (nSPS) is 12.2. The third kappa shape index (κ3) is 7.06. The Morgan fingerprint density at radius 1 is 1.03 bits per heavy atom. The Morgan fingerprint density at radius 2 is 1.74 bits per heavy atom. The maximum Gasteiger partial charge on any atom is 0.222 e. The van der Waals surface area contributed by atoms with Gasteiger partial charge in [0.15, 0.2) is 0 Å². The van der Waals surface area contributed by atoms with Crippen LogP contribution in [0.25, 0.3) is 11.3 Å². The van der Waals surface area contributed by atoms with Crippen LogP contribution in [0.15, 0.2) is 54.6 Å². The highest BCUT2D eigenvalue weighted by Gasteiger charge is 2.23. The van der Waals surface area contributed by atoms with E-state index >= 15 is 0 Å². The first-order valence-corrected chi connectivity index (χ1v) is 11.9. The second kappa shape index (κ2) is 13.1. The van der Waals surface area contributed by atoms with E-state index in [1.807, 2.05) is 49.5 Å². The molecule has 7 heteroatoms. The Labute approximate surface area is 202 Å². The molecule has 0 saturated heterocycles. The van der Waals surface area contributed by atoms with Crippen molar-refractivity contribution < 1.29 is 19.3 Å². The predicted molar refractivity (Wildman–Crippen MR) is 134 cm³/mol. The lowest BCUT2D eigenvalue weighted by atomic mass is 10.1. The molecule has 0 spiro atoms. The maximum atomic E-state index is 10.6. The van der Waals surface area contributed by atoms with Crippen LogP contribution in [-0.4, -0.2) is 59.8 Å². The molecular formula is C27H37N3O4. The number of nitrogens with zero attached hydrogens (tertiary/aromatic N) is 3.